The molecule has 0 saturated heterocycles. The molecule has 0 spiro atoms. The van der Waals surface area contributed by atoms with E-state index >= 15 is 0 Å². The molecule has 1 saturated carbocycles. The lowest BCUT2D eigenvalue weighted by atomic mass is 9.73. The topological polar surface area (TPSA) is 46.2 Å². The van der Waals surface area contributed by atoms with Gasteiger partial charge in [-0.3, -0.25) is 0 Å². The van der Waals surface area contributed by atoms with Crippen LogP contribution in [0.4, 0.5) is 13.2 Å². The molecule has 1 aromatic carbocycles. The first-order valence-electron chi connectivity index (χ1n) is 5.48. The van der Waals surface area contributed by atoms with Gasteiger partial charge in [0.25, 0.3) is 0 Å². The minimum Gasteiger partial charge on any atom is -0.388 e. The number of hydrogen-bond acceptors (Lipinski definition) is 2. The first kappa shape index (κ1) is 12.4. The molecule has 0 aromatic heterocycles. The van der Waals surface area contributed by atoms with Crippen molar-refractivity contribution in [2.24, 2.45) is 5.73 Å². The van der Waals surface area contributed by atoms with E-state index < -0.39 is 23.4 Å². The van der Waals surface area contributed by atoms with Crippen LogP contribution in [-0.2, 0) is 6.18 Å². The average Bonchev–Trinajstić information content (AvgIpc) is 2.24. The third-order valence-electron chi connectivity index (χ3n) is 3.37. The number of halogens is 3. The number of hydrogen-bond donors (Lipinski definition) is 2. The summed E-state index contributed by atoms with van der Waals surface area (Å²) in [4.78, 5) is 0. The molecule has 17 heavy (non-hydrogen) atoms. The lowest BCUT2D eigenvalue weighted by molar-refractivity contribution is -0.137. The Balaban J connectivity index is 2.27. The maximum atomic E-state index is 12.5. The van der Waals surface area contributed by atoms with Crippen LogP contribution in [0, 0.1) is 0 Å². The van der Waals surface area contributed by atoms with Crippen molar-refractivity contribution in [1.82, 2.24) is 0 Å². The van der Waals surface area contributed by atoms with Gasteiger partial charge < -0.3 is 10.8 Å². The number of alkyl halides is 3. The van der Waals surface area contributed by atoms with E-state index in [0.717, 1.165) is 18.6 Å². The van der Waals surface area contributed by atoms with Gasteiger partial charge in [0, 0.05) is 0 Å². The van der Waals surface area contributed by atoms with Gasteiger partial charge >= 0.3 is 6.18 Å². The van der Waals surface area contributed by atoms with Gasteiger partial charge in [0.05, 0.1) is 17.2 Å². The maximum Gasteiger partial charge on any atom is 0.416 e. The number of nitrogens with two attached hydrogens (primary N) is 1. The zero-order valence-electron chi connectivity index (χ0n) is 9.17. The van der Waals surface area contributed by atoms with Crippen LogP contribution in [0.3, 0.4) is 0 Å². The van der Waals surface area contributed by atoms with E-state index in [2.05, 4.69) is 0 Å². The Morgan fingerprint density at radius 1 is 1.29 bits per heavy atom. The Morgan fingerprint density at radius 3 is 2.41 bits per heavy atom. The van der Waals surface area contributed by atoms with Crippen molar-refractivity contribution in [3.63, 3.8) is 0 Å². The molecule has 0 heterocycles. The molecule has 0 radical (unpaired) electrons. The summed E-state index contributed by atoms with van der Waals surface area (Å²) in [5.41, 5.74) is 4.40. The summed E-state index contributed by atoms with van der Waals surface area (Å²) in [7, 11) is 0. The monoisotopic (exact) mass is 245 g/mol. The van der Waals surface area contributed by atoms with Crippen molar-refractivity contribution < 1.29 is 18.3 Å². The number of rotatable bonds is 2. The Kier molecular flexibility index (Phi) is 2.91. The molecule has 1 atom stereocenters. The third-order valence-corrected chi connectivity index (χ3v) is 3.37. The van der Waals surface area contributed by atoms with E-state index in [-0.39, 0.29) is 0 Å². The van der Waals surface area contributed by atoms with Gasteiger partial charge in [0.1, 0.15) is 0 Å². The Labute approximate surface area is 97.2 Å². The summed E-state index contributed by atoms with van der Waals surface area (Å²) in [6.45, 7) is 0. The van der Waals surface area contributed by atoms with E-state index in [0.29, 0.717) is 18.4 Å². The van der Waals surface area contributed by atoms with Crippen LogP contribution in [0.15, 0.2) is 24.3 Å². The molecule has 2 rings (SSSR count). The summed E-state index contributed by atoms with van der Waals surface area (Å²) in [5.74, 6) is 0. The third kappa shape index (κ3) is 2.30. The van der Waals surface area contributed by atoms with Crippen LogP contribution >= 0.6 is 0 Å². The highest BCUT2D eigenvalue weighted by atomic mass is 19.4. The van der Waals surface area contributed by atoms with Crippen LogP contribution < -0.4 is 5.73 Å². The molecule has 1 aliphatic carbocycles. The smallest absolute Gasteiger partial charge is 0.388 e. The van der Waals surface area contributed by atoms with Gasteiger partial charge in [-0.25, -0.2) is 0 Å². The molecule has 0 aliphatic heterocycles. The van der Waals surface area contributed by atoms with Gasteiger partial charge in [-0.2, -0.15) is 13.2 Å². The molecular weight excluding hydrogens is 231 g/mol. The van der Waals surface area contributed by atoms with Gasteiger partial charge in [-0.1, -0.05) is 12.1 Å². The molecule has 1 aliphatic rings. The molecule has 0 amide bonds. The van der Waals surface area contributed by atoms with E-state index in [1.165, 1.54) is 12.1 Å². The van der Waals surface area contributed by atoms with Crippen molar-refractivity contribution in [1.29, 1.82) is 0 Å². The first-order chi connectivity index (χ1) is 7.83. The quantitative estimate of drug-likeness (QED) is 0.841. The highest BCUT2D eigenvalue weighted by Crippen LogP contribution is 2.41. The molecule has 3 N–H and O–H groups in total. The zero-order chi connectivity index (χ0) is 12.7. The second-order valence-electron chi connectivity index (χ2n) is 4.56. The van der Waals surface area contributed by atoms with E-state index in [1.54, 1.807) is 0 Å². The van der Waals surface area contributed by atoms with Crippen molar-refractivity contribution in [3.05, 3.63) is 35.4 Å². The molecular formula is C12H14F3NO. The molecule has 1 fully saturated rings. The number of benzene rings is 1. The molecule has 5 heteroatoms. The fourth-order valence-electron chi connectivity index (χ4n) is 2.07. The predicted molar refractivity (Wildman–Crippen MR) is 57.2 cm³/mol. The van der Waals surface area contributed by atoms with Crippen LogP contribution in [0.1, 0.15) is 36.4 Å². The molecule has 1 aromatic rings. The fraction of sp³-hybridized carbons (Fsp3) is 0.500. The second kappa shape index (κ2) is 3.99. The van der Waals surface area contributed by atoms with Crippen molar-refractivity contribution >= 4 is 0 Å². The summed E-state index contributed by atoms with van der Waals surface area (Å²) in [5, 5.41) is 10.0. The summed E-state index contributed by atoms with van der Waals surface area (Å²) >= 11 is 0. The first-order valence-corrected chi connectivity index (χ1v) is 5.48. The highest BCUT2D eigenvalue weighted by molar-refractivity contribution is 5.30. The van der Waals surface area contributed by atoms with Crippen molar-refractivity contribution in [3.8, 4) is 0 Å². The van der Waals surface area contributed by atoms with Crippen LogP contribution in [0.25, 0.3) is 0 Å². The highest BCUT2D eigenvalue weighted by Gasteiger charge is 2.41. The van der Waals surface area contributed by atoms with Crippen LogP contribution in [-0.4, -0.2) is 10.7 Å². The minimum absolute atomic E-state index is 0.335. The largest absolute Gasteiger partial charge is 0.416 e. The summed E-state index contributed by atoms with van der Waals surface area (Å²) in [6.07, 6.45) is -2.42. The molecule has 2 nitrogen and oxygen atoms in total. The summed E-state index contributed by atoms with van der Waals surface area (Å²) < 4.78 is 37.6. The van der Waals surface area contributed by atoms with Gasteiger partial charge in [-0.05, 0) is 37.0 Å². The Morgan fingerprint density at radius 2 is 1.94 bits per heavy atom. The second-order valence-corrected chi connectivity index (χ2v) is 4.56. The lowest BCUT2D eigenvalue weighted by Crippen LogP contribution is -2.46. The van der Waals surface area contributed by atoms with Gasteiger partial charge in [0.2, 0.25) is 0 Å². The van der Waals surface area contributed by atoms with E-state index in [9.17, 15) is 18.3 Å². The van der Waals surface area contributed by atoms with Crippen LogP contribution in [0.2, 0.25) is 0 Å². The zero-order valence-corrected chi connectivity index (χ0v) is 9.17. The Hall–Kier alpha value is -1.07. The van der Waals surface area contributed by atoms with Gasteiger partial charge in [-0.15, -0.1) is 0 Å². The maximum absolute atomic E-state index is 12.5. The van der Waals surface area contributed by atoms with E-state index in [4.69, 9.17) is 5.73 Å². The number of aliphatic hydroxyl groups is 1. The fourth-order valence-corrected chi connectivity index (χ4v) is 2.07. The van der Waals surface area contributed by atoms with Crippen LogP contribution in [0.5, 0.6) is 0 Å². The lowest BCUT2D eigenvalue weighted by Gasteiger charge is -2.41. The van der Waals surface area contributed by atoms with Crippen molar-refractivity contribution in [2.75, 3.05) is 0 Å². The molecule has 94 valence electrons. The standard InChI is InChI=1S/C12H14F3NO/c13-12(14,15)9-4-1-3-8(7-9)10(16)11(17)5-2-6-11/h1,3-4,7,10,17H,2,5-6,16H2. The molecule has 1 unspecified atom stereocenters. The predicted octanol–water partition coefficient (Wildman–Crippen LogP) is 2.62. The van der Waals surface area contributed by atoms with Crippen molar-refractivity contribution in [2.45, 2.75) is 37.1 Å². The van der Waals surface area contributed by atoms with E-state index in [1.807, 2.05) is 0 Å². The normalized spacial score (nSPS) is 20.8. The van der Waals surface area contributed by atoms with Gasteiger partial charge in [0.15, 0.2) is 0 Å². The Bertz CT molecular complexity index is 412. The average molecular weight is 245 g/mol. The SMILES string of the molecule is NC(c1cccc(C(F)(F)F)c1)C1(O)CCC1. The summed E-state index contributed by atoms with van der Waals surface area (Å²) in [6, 6.07) is 4.11. The molecule has 0 bridgehead atoms. The minimum atomic E-state index is -4.38.